The lowest BCUT2D eigenvalue weighted by Gasteiger charge is -2.09. The maximum absolute atomic E-state index is 9.49. The maximum atomic E-state index is 9.49. The Balaban J connectivity index is 0.000000401. The summed E-state index contributed by atoms with van der Waals surface area (Å²) in [6.07, 6.45) is 0.850. The molecule has 0 heterocycles. The molecule has 0 aliphatic rings. The fourth-order valence-electron chi connectivity index (χ4n) is 3.14. The van der Waals surface area contributed by atoms with Gasteiger partial charge < -0.3 is 9.90 Å². The van der Waals surface area contributed by atoms with Crippen LogP contribution >= 0.6 is 0 Å². The summed E-state index contributed by atoms with van der Waals surface area (Å²) in [6.45, 7) is 1.80. The van der Waals surface area contributed by atoms with Gasteiger partial charge in [-0.3, -0.25) is 0 Å². The van der Waals surface area contributed by atoms with Crippen LogP contribution in [0.1, 0.15) is 19.8 Å². The predicted molar refractivity (Wildman–Crippen MR) is 127 cm³/mol. The van der Waals surface area contributed by atoms with Gasteiger partial charge in [0.1, 0.15) is 0 Å². The van der Waals surface area contributed by atoms with Crippen LogP contribution in [-0.4, -0.2) is 5.97 Å². The molecule has 0 aliphatic heterocycles. The molecule has 2 nitrogen and oxygen atoms in total. The van der Waals surface area contributed by atoms with E-state index in [1.807, 2.05) is 0 Å². The average Bonchev–Trinajstić information content (AvgIpc) is 2.82. The molecule has 0 saturated heterocycles. The van der Waals surface area contributed by atoms with E-state index in [0.29, 0.717) is 6.42 Å². The minimum absolute atomic E-state index is 0.0793. The Kier molecular flexibility index (Phi) is 8.50. The average molecular weight is 427 g/mol. The van der Waals surface area contributed by atoms with Gasteiger partial charge in [0, 0.05) is 5.97 Å². The van der Waals surface area contributed by atoms with E-state index in [9.17, 15) is 9.90 Å². The minimum Gasteiger partial charge on any atom is -0.550 e. The summed E-state index contributed by atoms with van der Waals surface area (Å²) in [6, 6.07) is 41.1. The number of aliphatic carboxylic acids is 1. The lowest BCUT2D eigenvalue weighted by Crippen LogP contribution is -2.20. The van der Waals surface area contributed by atoms with Crippen LogP contribution in [0.3, 0.4) is 0 Å². The number of hydrogen-bond acceptors (Lipinski definition) is 2. The first-order valence-corrected chi connectivity index (χ1v) is 11.6. The van der Waals surface area contributed by atoms with Gasteiger partial charge in [-0.05, 0) is 66.1 Å². The molecular weight excluding hydrogens is 400 g/mol. The molecule has 0 aliphatic carbocycles. The quantitative estimate of drug-likeness (QED) is 0.356. The van der Waals surface area contributed by atoms with E-state index >= 15 is 0 Å². The normalized spacial score (nSPS) is 10.3. The largest absolute Gasteiger partial charge is 0.550 e. The molecule has 0 atom stereocenters. The Bertz CT molecular complexity index is 1010. The molecule has 4 aromatic carbocycles. The second-order valence-electron chi connectivity index (χ2n) is 6.94. The molecule has 156 valence electrons. The Hall–Kier alpha value is -3.30. The zero-order chi connectivity index (χ0) is 21.9. The van der Waals surface area contributed by atoms with Crippen molar-refractivity contribution in [1.82, 2.24) is 0 Å². The van der Waals surface area contributed by atoms with Crippen molar-refractivity contribution in [3.8, 4) is 11.1 Å². The Morgan fingerprint density at radius 2 is 1.00 bits per heavy atom. The molecule has 0 fully saturated rings. The third-order valence-corrected chi connectivity index (χ3v) is 6.84. The van der Waals surface area contributed by atoms with Crippen LogP contribution in [0.5, 0.6) is 0 Å². The Labute approximate surface area is 187 Å². The van der Waals surface area contributed by atoms with Gasteiger partial charge in [-0.1, -0.05) is 80.1 Å². The van der Waals surface area contributed by atoms with Crippen molar-refractivity contribution < 1.29 is 9.90 Å². The molecule has 0 unspecified atom stereocenters. The molecule has 31 heavy (non-hydrogen) atoms. The summed E-state index contributed by atoms with van der Waals surface area (Å²) >= 11 is 0. The molecule has 0 bridgehead atoms. The topological polar surface area (TPSA) is 40.1 Å². The predicted octanol–water partition coefficient (Wildman–Crippen LogP) is 5.99. The first-order chi connectivity index (χ1) is 15.2. The van der Waals surface area contributed by atoms with Crippen LogP contribution in [0.15, 0.2) is 130 Å². The van der Waals surface area contributed by atoms with E-state index in [0.717, 1.165) is 0 Å². The number of hydrogen-bond donors (Lipinski definition) is 0. The third kappa shape index (κ3) is 6.59. The fraction of sp³-hybridized carbons (Fsp3) is 0.107. The molecule has 0 N–H and O–H groups in total. The van der Waals surface area contributed by atoms with E-state index in [4.69, 9.17) is 0 Å². The van der Waals surface area contributed by atoms with Crippen molar-refractivity contribution in [3.05, 3.63) is 115 Å². The monoisotopic (exact) mass is 426 g/mol. The molecule has 4 aromatic rings. The van der Waals surface area contributed by atoms with Crippen molar-refractivity contribution in [1.29, 1.82) is 0 Å². The lowest BCUT2D eigenvalue weighted by molar-refractivity contribution is -0.305. The number of carbonyl (C=O) groups excluding carboxylic acids is 1. The van der Waals surface area contributed by atoms with Crippen LogP contribution in [0.2, 0.25) is 0 Å². The number of rotatable bonds is 6. The summed E-state index contributed by atoms with van der Waals surface area (Å²) in [4.78, 5) is 13.5. The van der Waals surface area contributed by atoms with Gasteiger partial charge in [0.25, 0.3) is 0 Å². The van der Waals surface area contributed by atoms with E-state index in [-0.39, 0.29) is 17.3 Å². The maximum Gasteiger partial charge on any atom is 0.166 e. The summed E-state index contributed by atoms with van der Waals surface area (Å²) < 4.78 is 0. The van der Waals surface area contributed by atoms with Gasteiger partial charge >= 0.3 is 0 Å². The number of benzene rings is 4. The molecule has 0 radical (unpaired) electrons. The second-order valence-corrected chi connectivity index (χ2v) is 8.97. The standard InChI is InChI=1S/C24H19S.C4H8O2/c1-4-10-20(11-5-1)21-16-18-24(19-17-21)25(22-12-6-2-7-13-22)23-14-8-3-9-15-23;1-2-3-4(5)6/h1-19H;2-3H2,1H3,(H,5,6)/q+1;/p-1. The van der Waals surface area contributed by atoms with Crippen LogP contribution < -0.4 is 5.11 Å². The summed E-state index contributed by atoms with van der Waals surface area (Å²) in [7, 11) is -0.0793. The molecule has 0 amide bonds. The number of carboxylic acid groups (broad SMARTS) is 1. The molecule has 0 spiro atoms. The minimum atomic E-state index is -0.961. The van der Waals surface area contributed by atoms with Gasteiger partial charge in [-0.2, -0.15) is 0 Å². The van der Waals surface area contributed by atoms with Gasteiger partial charge in [0.15, 0.2) is 14.7 Å². The van der Waals surface area contributed by atoms with Crippen LogP contribution in [-0.2, 0) is 15.7 Å². The number of carboxylic acids is 1. The lowest BCUT2D eigenvalue weighted by atomic mass is 10.1. The third-order valence-electron chi connectivity index (χ3n) is 4.61. The molecule has 0 saturated carbocycles. The van der Waals surface area contributed by atoms with E-state index in [1.54, 1.807) is 6.92 Å². The summed E-state index contributed by atoms with van der Waals surface area (Å²) in [5.74, 6) is -0.961. The van der Waals surface area contributed by atoms with E-state index < -0.39 is 5.97 Å². The first kappa shape index (κ1) is 22.4. The highest BCUT2D eigenvalue weighted by Gasteiger charge is 2.27. The van der Waals surface area contributed by atoms with Gasteiger partial charge in [-0.25, -0.2) is 0 Å². The van der Waals surface area contributed by atoms with E-state index in [2.05, 4.69) is 115 Å². The summed E-state index contributed by atoms with van der Waals surface area (Å²) in [5.41, 5.74) is 2.52. The van der Waals surface area contributed by atoms with E-state index in [1.165, 1.54) is 25.8 Å². The van der Waals surface area contributed by atoms with Crippen molar-refractivity contribution in [2.24, 2.45) is 0 Å². The molecule has 0 aromatic heterocycles. The Morgan fingerprint density at radius 1 is 0.613 bits per heavy atom. The SMILES string of the molecule is CCCC(=O)[O-].c1ccc(-c2ccc([S+](c3ccccc3)c3ccccc3)cc2)cc1. The zero-order valence-corrected chi connectivity index (χ0v) is 18.4. The second kappa shape index (κ2) is 11.8. The highest BCUT2D eigenvalue weighted by molar-refractivity contribution is 7.97. The van der Waals surface area contributed by atoms with Crippen LogP contribution in [0.25, 0.3) is 11.1 Å². The fourth-order valence-corrected chi connectivity index (χ4v) is 5.22. The molecular formula is C28H26O2S. The Morgan fingerprint density at radius 3 is 1.39 bits per heavy atom. The smallest absolute Gasteiger partial charge is 0.166 e. The van der Waals surface area contributed by atoms with Gasteiger partial charge in [0.2, 0.25) is 0 Å². The van der Waals surface area contributed by atoms with Crippen LogP contribution in [0, 0.1) is 0 Å². The molecule has 4 rings (SSSR count). The van der Waals surface area contributed by atoms with Gasteiger partial charge in [0.05, 0.1) is 10.9 Å². The van der Waals surface area contributed by atoms with Crippen molar-refractivity contribution in [3.63, 3.8) is 0 Å². The van der Waals surface area contributed by atoms with Crippen molar-refractivity contribution in [2.75, 3.05) is 0 Å². The van der Waals surface area contributed by atoms with Crippen LogP contribution in [0.4, 0.5) is 0 Å². The zero-order valence-electron chi connectivity index (χ0n) is 17.6. The van der Waals surface area contributed by atoms with Crippen molar-refractivity contribution in [2.45, 2.75) is 34.5 Å². The first-order valence-electron chi connectivity index (χ1n) is 10.4. The van der Waals surface area contributed by atoms with Crippen molar-refractivity contribution >= 4 is 16.9 Å². The van der Waals surface area contributed by atoms with Gasteiger partial charge in [-0.15, -0.1) is 0 Å². The summed E-state index contributed by atoms with van der Waals surface area (Å²) in [5, 5.41) is 9.49. The highest BCUT2D eigenvalue weighted by atomic mass is 32.2. The highest BCUT2D eigenvalue weighted by Crippen LogP contribution is 2.32. The molecule has 3 heteroatoms. The number of carbonyl (C=O) groups is 1.